The van der Waals surface area contributed by atoms with Gasteiger partial charge in [-0.15, -0.1) is 0 Å². The van der Waals surface area contributed by atoms with Crippen LogP contribution < -0.4 is 5.32 Å². The van der Waals surface area contributed by atoms with E-state index in [9.17, 15) is 9.59 Å². The van der Waals surface area contributed by atoms with E-state index in [1.807, 2.05) is 27.7 Å². The van der Waals surface area contributed by atoms with Crippen LogP contribution in [0.3, 0.4) is 0 Å². The van der Waals surface area contributed by atoms with Gasteiger partial charge >= 0.3 is 5.97 Å². The first-order chi connectivity index (χ1) is 9.69. The molecule has 0 aromatic heterocycles. The van der Waals surface area contributed by atoms with Crippen LogP contribution in [-0.2, 0) is 14.3 Å². The molecule has 0 radical (unpaired) electrons. The summed E-state index contributed by atoms with van der Waals surface area (Å²) in [7, 11) is 0. The lowest BCUT2D eigenvalue weighted by Crippen LogP contribution is -2.53. The van der Waals surface area contributed by atoms with Crippen molar-refractivity contribution in [2.75, 3.05) is 19.7 Å². The van der Waals surface area contributed by atoms with E-state index in [0.717, 1.165) is 25.9 Å². The number of hydrogen-bond donors (Lipinski definition) is 2. The Morgan fingerprint density at radius 2 is 1.90 bits per heavy atom. The van der Waals surface area contributed by atoms with Gasteiger partial charge in [0.05, 0.1) is 25.2 Å². The Bertz CT molecular complexity index is 357. The number of likely N-dealkylation sites (tertiary alicyclic amines) is 1. The predicted octanol–water partition coefficient (Wildman–Crippen LogP) is 1.25. The quantitative estimate of drug-likeness (QED) is 0.772. The Kier molecular flexibility index (Phi) is 6.61. The smallest absolute Gasteiger partial charge is 0.305 e. The van der Waals surface area contributed by atoms with Gasteiger partial charge in [0.15, 0.2) is 0 Å². The highest BCUT2D eigenvalue weighted by Gasteiger charge is 2.28. The zero-order chi connectivity index (χ0) is 16.0. The van der Waals surface area contributed by atoms with Gasteiger partial charge < -0.3 is 15.2 Å². The average Bonchev–Trinajstić information content (AvgIpc) is 2.36. The number of amides is 1. The van der Waals surface area contributed by atoms with Gasteiger partial charge in [0.1, 0.15) is 0 Å². The number of ether oxygens (including phenoxy) is 1. The van der Waals surface area contributed by atoms with Crippen LogP contribution in [0, 0.1) is 0 Å². The summed E-state index contributed by atoms with van der Waals surface area (Å²) in [6.45, 7) is 9.71. The van der Waals surface area contributed by atoms with Crippen LogP contribution in [0.15, 0.2) is 0 Å². The summed E-state index contributed by atoms with van der Waals surface area (Å²) in [6, 6.07) is -0.149. The number of carbonyl (C=O) groups excluding carboxylic acids is 1. The Balaban J connectivity index is 2.31. The van der Waals surface area contributed by atoms with E-state index in [1.165, 1.54) is 0 Å². The number of rotatable bonds is 6. The number of nitrogens with zero attached hydrogens (tertiary/aromatic N) is 1. The van der Waals surface area contributed by atoms with Gasteiger partial charge in [-0.1, -0.05) is 0 Å². The lowest BCUT2D eigenvalue weighted by Gasteiger charge is -2.36. The van der Waals surface area contributed by atoms with Crippen molar-refractivity contribution in [2.24, 2.45) is 0 Å². The second-order valence-electron chi connectivity index (χ2n) is 6.67. The maximum Gasteiger partial charge on any atom is 0.305 e. The van der Waals surface area contributed by atoms with Gasteiger partial charge in [-0.2, -0.15) is 0 Å². The molecule has 1 heterocycles. The van der Waals surface area contributed by atoms with Crippen molar-refractivity contribution in [1.29, 1.82) is 0 Å². The molecule has 2 N–H and O–H groups in total. The van der Waals surface area contributed by atoms with E-state index in [1.54, 1.807) is 0 Å². The van der Waals surface area contributed by atoms with E-state index in [2.05, 4.69) is 10.2 Å². The Morgan fingerprint density at radius 1 is 1.33 bits per heavy atom. The second kappa shape index (κ2) is 7.75. The minimum atomic E-state index is -0.833. The fraction of sp³-hybridized carbons (Fsp3) is 0.867. The molecule has 0 aliphatic carbocycles. The summed E-state index contributed by atoms with van der Waals surface area (Å²) in [4.78, 5) is 24.7. The summed E-state index contributed by atoms with van der Waals surface area (Å²) in [6.07, 6.45) is 1.84. The molecule has 0 aromatic rings. The van der Waals surface area contributed by atoms with Crippen molar-refractivity contribution in [2.45, 2.75) is 64.6 Å². The summed E-state index contributed by atoms with van der Waals surface area (Å²) in [5.41, 5.74) is -0.219. The molecule has 1 fully saturated rings. The lowest BCUT2D eigenvalue weighted by molar-refractivity contribution is -0.139. The summed E-state index contributed by atoms with van der Waals surface area (Å²) in [5, 5.41) is 11.6. The average molecular weight is 300 g/mol. The van der Waals surface area contributed by atoms with Crippen molar-refractivity contribution < 1.29 is 19.4 Å². The first-order valence-electron chi connectivity index (χ1n) is 7.58. The first kappa shape index (κ1) is 17.9. The fourth-order valence-electron chi connectivity index (χ4n) is 2.38. The number of carboxylic acids is 1. The number of aliphatic carboxylic acids is 1. The van der Waals surface area contributed by atoms with Crippen LogP contribution in [0.1, 0.15) is 47.0 Å². The molecule has 1 rings (SSSR count). The van der Waals surface area contributed by atoms with Crippen LogP contribution in [0.25, 0.3) is 0 Å². The predicted molar refractivity (Wildman–Crippen MR) is 80.2 cm³/mol. The molecule has 0 bridgehead atoms. The summed E-state index contributed by atoms with van der Waals surface area (Å²) >= 11 is 0. The normalized spacial score (nSPS) is 19.2. The molecule has 6 nitrogen and oxygen atoms in total. The third-order valence-corrected chi connectivity index (χ3v) is 3.57. The zero-order valence-corrected chi connectivity index (χ0v) is 13.5. The Labute approximate surface area is 126 Å². The van der Waals surface area contributed by atoms with E-state index < -0.39 is 5.97 Å². The Morgan fingerprint density at radius 3 is 2.38 bits per heavy atom. The van der Waals surface area contributed by atoms with Crippen molar-refractivity contribution in [3.63, 3.8) is 0 Å². The molecule has 1 atom stereocenters. The Hall–Kier alpha value is -1.14. The molecule has 1 saturated heterocycles. The van der Waals surface area contributed by atoms with Gasteiger partial charge in [-0.3, -0.25) is 14.5 Å². The largest absolute Gasteiger partial charge is 0.481 e. The summed E-state index contributed by atoms with van der Waals surface area (Å²) in [5.74, 6) is -0.785. The minimum Gasteiger partial charge on any atom is -0.481 e. The molecule has 6 heteroatoms. The number of carbonyl (C=O) groups is 2. The number of carboxylic acid groups (broad SMARTS) is 1. The number of nitrogens with one attached hydrogen (secondary N) is 1. The highest BCUT2D eigenvalue weighted by atomic mass is 16.5. The van der Waals surface area contributed by atoms with Crippen LogP contribution >= 0.6 is 0 Å². The first-order valence-corrected chi connectivity index (χ1v) is 7.58. The monoisotopic (exact) mass is 300 g/mol. The van der Waals surface area contributed by atoms with Crippen molar-refractivity contribution in [3.05, 3.63) is 0 Å². The van der Waals surface area contributed by atoms with Crippen molar-refractivity contribution >= 4 is 11.9 Å². The molecule has 1 aliphatic rings. The van der Waals surface area contributed by atoms with Crippen LogP contribution in [0.2, 0.25) is 0 Å². The third kappa shape index (κ3) is 6.91. The molecular formula is C15H28N2O4. The molecule has 1 unspecified atom stereocenters. The molecule has 0 spiro atoms. The van der Waals surface area contributed by atoms with E-state index in [0.29, 0.717) is 0 Å². The van der Waals surface area contributed by atoms with Crippen LogP contribution in [-0.4, -0.2) is 59.3 Å². The van der Waals surface area contributed by atoms with Crippen LogP contribution in [0.5, 0.6) is 0 Å². The van der Waals surface area contributed by atoms with E-state index in [-0.39, 0.29) is 36.6 Å². The molecule has 21 heavy (non-hydrogen) atoms. The lowest BCUT2D eigenvalue weighted by atomic mass is 10.0. The van der Waals surface area contributed by atoms with Gasteiger partial charge in [0.25, 0.3) is 0 Å². The molecule has 0 aromatic carbocycles. The van der Waals surface area contributed by atoms with E-state index >= 15 is 0 Å². The summed E-state index contributed by atoms with van der Waals surface area (Å²) < 4.78 is 5.55. The second-order valence-corrected chi connectivity index (χ2v) is 6.67. The SMILES string of the molecule is CC(C(=O)NC(C)(C)C)N1CCC(OCCC(=O)O)CC1. The van der Waals surface area contributed by atoms with Crippen LogP contribution in [0.4, 0.5) is 0 Å². The third-order valence-electron chi connectivity index (χ3n) is 3.57. The number of hydrogen-bond acceptors (Lipinski definition) is 4. The topological polar surface area (TPSA) is 78.9 Å². The zero-order valence-electron chi connectivity index (χ0n) is 13.5. The van der Waals surface area contributed by atoms with Gasteiger partial charge in [-0.25, -0.2) is 0 Å². The van der Waals surface area contributed by atoms with Gasteiger partial charge in [0, 0.05) is 18.6 Å². The fourth-order valence-corrected chi connectivity index (χ4v) is 2.38. The minimum absolute atomic E-state index is 0.0462. The van der Waals surface area contributed by atoms with E-state index in [4.69, 9.17) is 9.84 Å². The molecule has 122 valence electrons. The molecule has 1 aliphatic heterocycles. The highest BCUT2D eigenvalue weighted by Crippen LogP contribution is 2.16. The highest BCUT2D eigenvalue weighted by molar-refractivity contribution is 5.81. The standard InChI is InChI=1S/C15H28N2O4/c1-11(14(20)16-15(2,3)4)17-8-5-12(6-9-17)21-10-7-13(18)19/h11-12H,5-10H2,1-4H3,(H,16,20)(H,18,19). The maximum atomic E-state index is 12.1. The van der Waals surface area contributed by atoms with Gasteiger partial charge in [-0.05, 0) is 40.5 Å². The maximum absolute atomic E-state index is 12.1. The molecular weight excluding hydrogens is 272 g/mol. The van der Waals surface area contributed by atoms with Crippen molar-refractivity contribution in [3.8, 4) is 0 Å². The van der Waals surface area contributed by atoms with Crippen molar-refractivity contribution in [1.82, 2.24) is 10.2 Å². The molecule has 1 amide bonds. The molecule has 0 saturated carbocycles. The number of piperidine rings is 1. The van der Waals surface area contributed by atoms with Gasteiger partial charge in [0.2, 0.25) is 5.91 Å².